The largest absolute Gasteiger partial charge is 0.393 e. The molecule has 0 aliphatic heterocycles. The average molecular weight is 286 g/mol. The Morgan fingerprint density at radius 3 is 2.76 bits per heavy atom. The van der Waals surface area contributed by atoms with Gasteiger partial charge in [0.2, 0.25) is 0 Å². The Labute approximate surface area is 127 Å². The molecule has 0 heterocycles. The van der Waals surface area contributed by atoms with E-state index in [-0.39, 0.29) is 16.9 Å². The van der Waals surface area contributed by atoms with Crippen LogP contribution in [0.25, 0.3) is 0 Å². The molecule has 4 aliphatic carbocycles. The zero-order chi connectivity index (χ0) is 14.8. The van der Waals surface area contributed by atoms with Crippen molar-refractivity contribution in [1.29, 1.82) is 0 Å². The van der Waals surface area contributed by atoms with Crippen molar-refractivity contribution in [2.75, 3.05) is 0 Å². The third-order valence-electron chi connectivity index (χ3n) is 7.29. The molecule has 1 unspecified atom stereocenters. The molecule has 4 rings (SSSR count). The molecule has 0 amide bonds. The lowest BCUT2D eigenvalue weighted by Gasteiger charge is -2.55. The molecule has 0 spiro atoms. The molecule has 2 heteroatoms. The number of hydrogen-bond acceptors (Lipinski definition) is 2. The van der Waals surface area contributed by atoms with Crippen LogP contribution < -0.4 is 0 Å². The van der Waals surface area contributed by atoms with Crippen LogP contribution in [0.2, 0.25) is 0 Å². The number of aliphatic hydroxyl groups excluding tert-OH is 1. The Morgan fingerprint density at radius 2 is 1.95 bits per heavy atom. The Bertz CT molecular complexity index is 546. The van der Waals surface area contributed by atoms with E-state index in [0.29, 0.717) is 23.5 Å². The molecule has 0 bridgehead atoms. The van der Waals surface area contributed by atoms with E-state index >= 15 is 0 Å². The summed E-state index contributed by atoms with van der Waals surface area (Å²) < 4.78 is 0. The molecule has 6 atom stereocenters. The Balaban J connectivity index is 1.75. The fourth-order valence-electron chi connectivity index (χ4n) is 6.00. The minimum Gasteiger partial charge on any atom is -0.393 e. The lowest BCUT2D eigenvalue weighted by Crippen LogP contribution is -2.49. The summed E-state index contributed by atoms with van der Waals surface area (Å²) in [4.78, 5) is 12.3. The van der Waals surface area contributed by atoms with Crippen molar-refractivity contribution in [3.05, 3.63) is 23.8 Å². The van der Waals surface area contributed by atoms with Gasteiger partial charge in [0.1, 0.15) is 5.78 Å². The fourth-order valence-corrected chi connectivity index (χ4v) is 6.00. The minimum atomic E-state index is -0.190. The summed E-state index contributed by atoms with van der Waals surface area (Å²) in [6.45, 7) is 4.56. The van der Waals surface area contributed by atoms with Gasteiger partial charge in [-0.15, -0.1) is 0 Å². The lowest BCUT2D eigenvalue weighted by molar-refractivity contribution is -0.130. The minimum absolute atomic E-state index is 0.0730. The van der Waals surface area contributed by atoms with Crippen LogP contribution in [0.15, 0.2) is 23.8 Å². The van der Waals surface area contributed by atoms with E-state index in [2.05, 4.69) is 32.1 Å². The van der Waals surface area contributed by atoms with Crippen molar-refractivity contribution in [2.24, 2.45) is 28.6 Å². The normalized spacial score (nSPS) is 52.0. The Kier molecular flexibility index (Phi) is 2.83. The first-order valence-electron chi connectivity index (χ1n) is 8.55. The molecule has 0 aromatic heterocycles. The van der Waals surface area contributed by atoms with Crippen molar-refractivity contribution in [3.8, 4) is 0 Å². The van der Waals surface area contributed by atoms with Gasteiger partial charge in [0.25, 0.3) is 0 Å². The first-order valence-corrected chi connectivity index (χ1v) is 8.55. The van der Waals surface area contributed by atoms with Crippen LogP contribution in [-0.2, 0) is 4.79 Å². The van der Waals surface area contributed by atoms with Gasteiger partial charge in [-0.05, 0) is 60.8 Å². The van der Waals surface area contributed by atoms with Crippen molar-refractivity contribution in [1.82, 2.24) is 0 Å². The molecule has 0 radical (unpaired) electrons. The van der Waals surface area contributed by atoms with E-state index < -0.39 is 0 Å². The van der Waals surface area contributed by atoms with E-state index in [9.17, 15) is 9.90 Å². The highest BCUT2D eigenvalue weighted by atomic mass is 16.3. The maximum absolute atomic E-state index is 12.3. The average Bonchev–Trinajstić information content (AvgIpc) is 2.74. The van der Waals surface area contributed by atoms with Gasteiger partial charge in [-0.3, -0.25) is 4.79 Å². The van der Waals surface area contributed by atoms with Crippen LogP contribution in [0.4, 0.5) is 0 Å². The van der Waals surface area contributed by atoms with Gasteiger partial charge in [0.05, 0.1) is 6.10 Å². The number of ketones is 1. The Morgan fingerprint density at radius 1 is 1.19 bits per heavy atom. The van der Waals surface area contributed by atoms with Crippen LogP contribution in [0.3, 0.4) is 0 Å². The predicted octanol–water partition coefficient (Wildman–Crippen LogP) is 3.66. The predicted molar refractivity (Wildman–Crippen MR) is 82.6 cm³/mol. The third kappa shape index (κ3) is 1.72. The highest BCUT2D eigenvalue weighted by Gasteiger charge is 2.57. The van der Waals surface area contributed by atoms with Crippen LogP contribution >= 0.6 is 0 Å². The number of carbonyl (C=O) groups excluding carboxylic acids is 1. The smallest absolute Gasteiger partial charge is 0.139 e. The molecule has 2 saturated carbocycles. The summed E-state index contributed by atoms with van der Waals surface area (Å²) in [5.74, 6) is 2.15. The monoisotopic (exact) mass is 286 g/mol. The van der Waals surface area contributed by atoms with E-state index in [0.717, 1.165) is 38.5 Å². The van der Waals surface area contributed by atoms with Gasteiger partial charge in [-0.25, -0.2) is 0 Å². The van der Waals surface area contributed by atoms with Crippen molar-refractivity contribution < 1.29 is 9.90 Å². The summed E-state index contributed by atoms with van der Waals surface area (Å²) in [5, 5.41) is 10.2. The third-order valence-corrected chi connectivity index (χ3v) is 7.29. The van der Waals surface area contributed by atoms with Crippen LogP contribution in [0, 0.1) is 28.6 Å². The van der Waals surface area contributed by atoms with E-state index in [1.165, 1.54) is 5.57 Å². The number of allylic oxidation sites excluding steroid dienone is 3. The van der Waals surface area contributed by atoms with Crippen molar-refractivity contribution in [3.63, 3.8) is 0 Å². The summed E-state index contributed by atoms with van der Waals surface area (Å²) in [6.07, 6.45) is 12.5. The first-order chi connectivity index (χ1) is 9.95. The number of carbonyl (C=O) groups is 1. The zero-order valence-electron chi connectivity index (χ0n) is 13.1. The quantitative estimate of drug-likeness (QED) is 0.738. The first kappa shape index (κ1) is 13.8. The standard InChI is InChI=1S/C19H26O2/c1-18-10-9-16-14(15(18)7-8-17(18)21)6-4-12-3-5-13(20)11-19(12,16)2/h3-4,6,13-16,20H,5,7-11H2,1-2H3/t13?,14-,15-,16+,18-,19-/m0/s1. The molecule has 1 N–H and O–H groups in total. The second-order valence-electron chi connectivity index (χ2n) is 8.24. The van der Waals surface area contributed by atoms with Gasteiger partial charge in [0, 0.05) is 11.8 Å². The molecule has 4 aliphatic rings. The molecule has 114 valence electrons. The molecule has 0 aromatic rings. The number of hydrogen-bond donors (Lipinski definition) is 1. The molecule has 0 saturated heterocycles. The molecule has 0 aromatic carbocycles. The molecular formula is C19H26O2. The topological polar surface area (TPSA) is 37.3 Å². The molecule has 2 fully saturated rings. The van der Waals surface area contributed by atoms with Crippen LogP contribution in [0.1, 0.15) is 52.4 Å². The summed E-state index contributed by atoms with van der Waals surface area (Å²) in [5.41, 5.74) is 1.47. The van der Waals surface area contributed by atoms with E-state index in [1.807, 2.05) is 0 Å². The summed E-state index contributed by atoms with van der Waals surface area (Å²) in [6, 6.07) is 0. The van der Waals surface area contributed by atoms with Crippen molar-refractivity contribution in [2.45, 2.75) is 58.5 Å². The molecule has 21 heavy (non-hydrogen) atoms. The number of rotatable bonds is 0. The van der Waals surface area contributed by atoms with Crippen LogP contribution in [-0.4, -0.2) is 17.0 Å². The number of Topliss-reactive ketones (excluding diaryl/α,β-unsaturated/α-hetero) is 1. The Hall–Kier alpha value is -0.890. The molecular weight excluding hydrogens is 260 g/mol. The van der Waals surface area contributed by atoms with Gasteiger partial charge >= 0.3 is 0 Å². The lowest BCUT2D eigenvalue weighted by atomic mass is 9.49. The maximum atomic E-state index is 12.3. The van der Waals surface area contributed by atoms with Gasteiger partial charge in [-0.1, -0.05) is 32.1 Å². The van der Waals surface area contributed by atoms with Crippen LogP contribution in [0.5, 0.6) is 0 Å². The summed E-state index contributed by atoms with van der Waals surface area (Å²) >= 11 is 0. The SMILES string of the molecule is C[C@]12CC(O)CC=C1C=C[C@@H]1[C@H]2CC[C@]2(C)C(=O)CC[C@@H]12. The summed E-state index contributed by atoms with van der Waals surface area (Å²) in [7, 11) is 0. The van der Waals surface area contributed by atoms with E-state index in [1.54, 1.807) is 0 Å². The van der Waals surface area contributed by atoms with Gasteiger partial charge < -0.3 is 5.11 Å². The van der Waals surface area contributed by atoms with E-state index in [4.69, 9.17) is 0 Å². The second kappa shape index (κ2) is 4.32. The molecule has 2 nitrogen and oxygen atoms in total. The van der Waals surface area contributed by atoms with Gasteiger partial charge in [0.15, 0.2) is 0 Å². The highest BCUT2D eigenvalue weighted by molar-refractivity contribution is 5.87. The zero-order valence-corrected chi connectivity index (χ0v) is 13.1. The van der Waals surface area contributed by atoms with Crippen molar-refractivity contribution >= 4 is 5.78 Å². The number of aliphatic hydroxyl groups is 1. The van der Waals surface area contributed by atoms with Gasteiger partial charge in [-0.2, -0.15) is 0 Å². The highest BCUT2D eigenvalue weighted by Crippen LogP contribution is 2.62. The second-order valence-corrected chi connectivity index (χ2v) is 8.24. The fraction of sp³-hybridized carbons (Fsp3) is 0.737. The maximum Gasteiger partial charge on any atom is 0.139 e. The number of fused-ring (bicyclic) bond motifs is 5.